The van der Waals surface area contributed by atoms with Crippen LogP contribution in [0.3, 0.4) is 0 Å². The molecule has 0 aromatic heterocycles. The molecule has 2 fully saturated rings. The van der Waals surface area contributed by atoms with Gasteiger partial charge in [-0.2, -0.15) is 11.8 Å². The molecular formula is C22H25N3O2S. The van der Waals surface area contributed by atoms with Crippen LogP contribution < -0.4 is 10.6 Å². The SMILES string of the molecule is O=C(Nc1cccc(CN2CCSCC2)c1)c1ccc(NC(=O)C2CC2)cc1. The van der Waals surface area contributed by atoms with Gasteiger partial charge in [-0.15, -0.1) is 0 Å². The summed E-state index contributed by atoms with van der Waals surface area (Å²) in [6.07, 6.45) is 1.95. The smallest absolute Gasteiger partial charge is 0.255 e. The number of amides is 2. The Hall–Kier alpha value is -2.31. The van der Waals surface area contributed by atoms with E-state index in [4.69, 9.17) is 0 Å². The molecule has 2 aromatic carbocycles. The van der Waals surface area contributed by atoms with E-state index in [0.29, 0.717) is 5.56 Å². The molecule has 0 bridgehead atoms. The summed E-state index contributed by atoms with van der Waals surface area (Å²) < 4.78 is 0. The van der Waals surface area contributed by atoms with Crippen molar-refractivity contribution in [3.8, 4) is 0 Å². The number of hydrogen-bond acceptors (Lipinski definition) is 4. The Morgan fingerprint density at radius 1 is 0.964 bits per heavy atom. The molecular weight excluding hydrogens is 370 g/mol. The predicted octanol–water partition coefficient (Wildman–Crippen LogP) is 3.84. The zero-order chi connectivity index (χ0) is 19.3. The molecule has 0 radical (unpaired) electrons. The molecule has 1 saturated heterocycles. The average molecular weight is 396 g/mol. The first-order chi connectivity index (χ1) is 13.7. The summed E-state index contributed by atoms with van der Waals surface area (Å²) in [6.45, 7) is 3.15. The van der Waals surface area contributed by atoms with Crippen molar-refractivity contribution in [1.82, 2.24) is 4.90 Å². The molecule has 146 valence electrons. The fraction of sp³-hybridized carbons (Fsp3) is 0.364. The molecule has 28 heavy (non-hydrogen) atoms. The third-order valence-electron chi connectivity index (χ3n) is 5.06. The lowest BCUT2D eigenvalue weighted by Crippen LogP contribution is -2.31. The lowest BCUT2D eigenvalue weighted by atomic mass is 10.1. The van der Waals surface area contributed by atoms with Gasteiger partial charge in [0.1, 0.15) is 0 Å². The van der Waals surface area contributed by atoms with Gasteiger partial charge in [0.2, 0.25) is 5.91 Å². The minimum Gasteiger partial charge on any atom is -0.326 e. The summed E-state index contributed by atoms with van der Waals surface area (Å²) in [7, 11) is 0. The van der Waals surface area contributed by atoms with Crippen LogP contribution in [-0.4, -0.2) is 41.3 Å². The standard InChI is InChI=1S/C22H25N3O2S/c26-21(17-4-5-17)23-19-8-6-18(7-9-19)22(27)24-20-3-1-2-16(14-20)15-25-10-12-28-13-11-25/h1-3,6-9,14,17H,4-5,10-13,15H2,(H,23,26)(H,24,27). The van der Waals surface area contributed by atoms with Crippen LogP contribution in [0, 0.1) is 5.92 Å². The maximum absolute atomic E-state index is 12.6. The molecule has 0 unspecified atom stereocenters. The van der Waals surface area contributed by atoms with Crippen molar-refractivity contribution in [3.63, 3.8) is 0 Å². The number of carbonyl (C=O) groups is 2. The molecule has 4 rings (SSSR count). The zero-order valence-corrected chi connectivity index (χ0v) is 16.6. The van der Waals surface area contributed by atoms with Gasteiger partial charge in [-0.3, -0.25) is 14.5 Å². The molecule has 2 aliphatic rings. The molecule has 5 nitrogen and oxygen atoms in total. The van der Waals surface area contributed by atoms with E-state index in [9.17, 15) is 9.59 Å². The molecule has 2 amide bonds. The van der Waals surface area contributed by atoms with Gasteiger partial charge in [0, 0.05) is 54.0 Å². The van der Waals surface area contributed by atoms with E-state index in [2.05, 4.69) is 21.6 Å². The quantitative estimate of drug-likeness (QED) is 0.780. The number of hydrogen-bond donors (Lipinski definition) is 2. The van der Waals surface area contributed by atoms with Crippen molar-refractivity contribution >= 4 is 35.0 Å². The minimum atomic E-state index is -0.147. The van der Waals surface area contributed by atoms with Crippen molar-refractivity contribution < 1.29 is 9.59 Å². The molecule has 0 atom stereocenters. The van der Waals surface area contributed by atoms with Crippen LogP contribution in [0.1, 0.15) is 28.8 Å². The number of rotatable bonds is 6. The molecule has 2 N–H and O–H groups in total. The summed E-state index contributed by atoms with van der Waals surface area (Å²) >= 11 is 2.01. The maximum Gasteiger partial charge on any atom is 0.255 e. The normalized spacial score (nSPS) is 17.1. The lowest BCUT2D eigenvalue weighted by molar-refractivity contribution is -0.117. The molecule has 0 spiro atoms. The first kappa shape index (κ1) is 19.0. The Morgan fingerprint density at radius 3 is 2.43 bits per heavy atom. The van der Waals surface area contributed by atoms with Crippen LogP contribution in [0.5, 0.6) is 0 Å². The number of thioether (sulfide) groups is 1. The number of benzene rings is 2. The summed E-state index contributed by atoms with van der Waals surface area (Å²) in [5.41, 5.74) is 3.32. The summed E-state index contributed by atoms with van der Waals surface area (Å²) in [6, 6.07) is 15.1. The second-order valence-electron chi connectivity index (χ2n) is 7.38. The number of nitrogens with zero attached hydrogens (tertiary/aromatic N) is 1. The van der Waals surface area contributed by atoms with Gasteiger partial charge in [-0.1, -0.05) is 12.1 Å². The van der Waals surface area contributed by atoms with Crippen molar-refractivity contribution in [3.05, 3.63) is 59.7 Å². The largest absolute Gasteiger partial charge is 0.326 e. The van der Waals surface area contributed by atoms with Crippen LogP contribution in [0.15, 0.2) is 48.5 Å². The first-order valence-corrected chi connectivity index (χ1v) is 10.9. The van der Waals surface area contributed by atoms with Gasteiger partial charge in [-0.05, 0) is 54.8 Å². The van der Waals surface area contributed by atoms with E-state index >= 15 is 0 Å². The lowest BCUT2D eigenvalue weighted by Gasteiger charge is -2.26. The maximum atomic E-state index is 12.6. The van der Waals surface area contributed by atoms with E-state index in [-0.39, 0.29) is 17.7 Å². The van der Waals surface area contributed by atoms with Gasteiger partial charge in [0.05, 0.1) is 0 Å². The highest BCUT2D eigenvalue weighted by molar-refractivity contribution is 7.99. The summed E-state index contributed by atoms with van der Waals surface area (Å²) in [5, 5.41) is 5.86. The fourth-order valence-electron chi connectivity index (χ4n) is 3.26. The third kappa shape index (κ3) is 5.14. The first-order valence-electron chi connectivity index (χ1n) is 9.79. The highest BCUT2D eigenvalue weighted by Crippen LogP contribution is 2.30. The monoisotopic (exact) mass is 395 g/mol. The molecule has 1 heterocycles. The average Bonchev–Trinajstić information content (AvgIpc) is 3.55. The summed E-state index contributed by atoms with van der Waals surface area (Å²) in [4.78, 5) is 26.8. The topological polar surface area (TPSA) is 61.4 Å². The van der Waals surface area contributed by atoms with E-state index in [1.807, 2.05) is 30.0 Å². The molecule has 6 heteroatoms. The van der Waals surface area contributed by atoms with Crippen molar-refractivity contribution in [2.75, 3.05) is 35.2 Å². The van der Waals surface area contributed by atoms with Crippen molar-refractivity contribution in [1.29, 1.82) is 0 Å². The Balaban J connectivity index is 1.34. The van der Waals surface area contributed by atoms with Gasteiger partial charge in [0.25, 0.3) is 5.91 Å². The van der Waals surface area contributed by atoms with Crippen LogP contribution in [-0.2, 0) is 11.3 Å². The highest BCUT2D eigenvalue weighted by Gasteiger charge is 2.29. The fourth-order valence-corrected chi connectivity index (χ4v) is 4.24. The van der Waals surface area contributed by atoms with Crippen LogP contribution in [0.4, 0.5) is 11.4 Å². The second-order valence-corrected chi connectivity index (χ2v) is 8.61. The van der Waals surface area contributed by atoms with Crippen molar-refractivity contribution in [2.24, 2.45) is 5.92 Å². The highest BCUT2D eigenvalue weighted by atomic mass is 32.2. The Kier molecular flexibility index (Phi) is 5.98. The van der Waals surface area contributed by atoms with Crippen molar-refractivity contribution in [2.45, 2.75) is 19.4 Å². The van der Waals surface area contributed by atoms with Crippen LogP contribution >= 0.6 is 11.8 Å². The van der Waals surface area contributed by atoms with E-state index in [1.165, 1.54) is 17.1 Å². The number of carbonyl (C=O) groups excluding carboxylic acids is 2. The number of nitrogens with one attached hydrogen (secondary N) is 2. The van der Waals surface area contributed by atoms with Gasteiger partial charge in [-0.25, -0.2) is 0 Å². The Morgan fingerprint density at radius 2 is 1.71 bits per heavy atom. The van der Waals surface area contributed by atoms with E-state index in [1.54, 1.807) is 24.3 Å². The number of anilines is 2. The minimum absolute atomic E-state index is 0.0707. The molecule has 1 aliphatic heterocycles. The predicted molar refractivity (Wildman–Crippen MR) is 115 cm³/mol. The van der Waals surface area contributed by atoms with Crippen LogP contribution in [0.2, 0.25) is 0 Å². The van der Waals surface area contributed by atoms with E-state index < -0.39 is 0 Å². The van der Waals surface area contributed by atoms with Gasteiger partial charge in [0.15, 0.2) is 0 Å². The zero-order valence-electron chi connectivity index (χ0n) is 15.8. The third-order valence-corrected chi connectivity index (χ3v) is 6.00. The van der Waals surface area contributed by atoms with Gasteiger partial charge < -0.3 is 10.6 Å². The molecule has 2 aromatic rings. The molecule has 1 aliphatic carbocycles. The Labute approximate surface area is 169 Å². The second kappa shape index (κ2) is 8.80. The van der Waals surface area contributed by atoms with E-state index in [0.717, 1.165) is 43.9 Å². The Bertz CT molecular complexity index is 843. The summed E-state index contributed by atoms with van der Waals surface area (Å²) in [5.74, 6) is 2.47. The van der Waals surface area contributed by atoms with Gasteiger partial charge >= 0.3 is 0 Å². The van der Waals surface area contributed by atoms with Crippen LogP contribution in [0.25, 0.3) is 0 Å². The molecule has 1 saturated carbocycles.